The number of nitrogens with one attached hydrogen (secondary N) is 2. The maximum absolute atomic E-state index is 12.3. The number of hydrogen-bond donors (Lipinski definition) is 2. The first-order chi connectivity index (χ1) is 13.2. The number of pyridine rings is 1. The zero-order valence-electron chi connectivity index (χ0n) is 14.2. The quantitative estimate of drug-likeness (QED) is 0.730. The van der Waals surface area contributed by atoms with Crippen LogP contribution in [0.5, 0.6) is 0 Å². The summed E-state index contributed by atoms with van der Waals surface area (Å²) in [5.41, 5.74) is 5.82. The highest BCUT2D eigenvalue weighted by molar-refractivity contribution is 7.13. The molecule has 0 aliphatic carbocycles. The number of aromatic nitrogens is 2. The van der Waals surface area contributed by atoms with Gasteiger partial charge < -0.3 is 5.32 Å². The van der Waals surface area contributed by atoms with E-state index in [2.05, 4.69) is 25.8 Å². The minimum Gasteiger partial charge on any atom is -0.321 e. The molecule has 4 rings (SSSR count). The van der Waals surface area contributed by atoms with Gasteiger partial charge in [0, 0.05) is 35.7 Å². The lowest BCUT2D eigenvalue weighted by Crippen LogP contribution is -2.32. The summed E-state index contributed by atoms with van der Waals surface area (Å²) in [5, 5.41) is 9.43. The van der Waals surface area contributed by atoms with Crippen LogP contribution >= 0.6 is 11.3 Å². The maximum atomic E-state index is 12.3. The number of carbonyl (C=O) groups excluding carboxylic acids is 2. The van der Waals surface area contributed by atoms with Crippen LogP contribution in [0, 0.1) is 0 Å². The normalized spacial score (nSPS) is 13.6. The average Bonchev–Trinajstić information content (AvgIpc) is 3.20. The molecular formula is C19H15N5O2S. The van der Waals surface area contributed by atoms with Crippen LogP contribution in [0.15, 0.2) is 59.1 Å². The Morgan fingerprint density at radius 2 is 2.04 bits per heavy atom. The van der Waals surface area contributed by atoms with Crippen LogP contribution < -0.4 is 10.7 Å². The summed E-state index contributed by atoms with van der Waals surface area (Å²) in [6, 6.07) is 13.2. The first kappa shape index (κ1) is 17.0. The second-order valence-electron chi connectivity index (χ2n) is 5.88. The zero-order valence-corrected chi connectivity index (χ0v) is 15.0. The number of anilines is 1. The van der Waals surface area contributed by atoms with Gasteiger partial charge in [-0.3, -0.25) is 14.6 Å². The lowest BCUT2D eigenvalue weighted by molar-refractivity contribution is -0.121. The topological polar surface area (TPSA) is 96.3 Å². The van der Waals surface area contributed by atoms with Crippen molar-refractivity contribution >= 4 is 34.6 Å². The van der Waals surface area contributed by atoms with E-state index >= 15 is 0 Å². The van der Waals surface area contributed by atoms with Crippen molar-refractivity contribution in [1.82, 2.24) is 15.4 Å². The summed E-state index contributed by atoms with van der Waals surface area (Å²) in [5.74, 6) is -0.500. The van der Waals surface area contributed by atoms with Gasteiger partial charge in [-0.2, -0.15) is 5.10 Å². The number of hydrazone groups is 1. The highest BCUT2D eigenvalue weighted by Gasteiger charge is 2.18. The Balaban J connectivity index is 1.52. The van der Waals surface area contributed by atoms with E-state index in [1.54, 1.807) is 12.3 Å². The van der Waals surface area contributed by atoms with Crippen LogP contribution in [0.3, 0.4) is 0 Å². The smallest absolute Gasteiger partial charge is 0.271 e. The molecule has 1 aromatic carbocycles. The van der Waals surface area contributed by atoms with Gasteiger partial charge in [0.25, 0.3) is 5.91 Å². The molecule has 0 spiro atoms. The van der Waals surface area contributed by atoms with Gasteiger partial charge in [-0.05, 0) is 24.3 Å². The predicted molar refractivity (Wildman–Crippen MR) is 104 cm³/mol. The molecule has 0 unspecified atom stereocenters. The highest BCUT2D eigenvalue weighted by Crippen LogP contribution is 2.29. The van der Waals surface area contributed by atoms with Gasteiger partial charge in [-0.1, -0.05) is 18.2 Å². The number of benzene rings is 1. The van der Waals surface area contributed by atoms with Crippen LogP contribution in [0.1, 0.15) is 12.8 Å². The molecule has 0 saturated heterocycles. The van der Waals surface area contributed by atoms with E-state index in [4.69, 9.17) is 0 Å². The number of nitrogens with zero attached hydrogens (tertiary/aromatic N) is 3. The molecule has 0 fully saturated rings. The van der Waals surface area contributed by atoms with Crippen molar-refractivity contribution in [1.29, 1.82) is 0 Å². The summed E-state index contributed by atoms with van der Waals surface area (Å²) < 4.78 is 0. The molecule has 2 aromatic heterocycles. The summed E-state index contributed by atoms with van der Waals surface area (Å²) in [6.45, 7) is 0. The Labute approximate surface area is 159 Å². The number of carbonyl (C=O) groups is 2. The molecule has 1 aliphatic rings. The molecule has 134 valence electrons. The SMILES string of the molecule is O=C1CCC(C(=O)Nc2cccc(-c3csc(-c4ccccn4)n3)c2)=NN1. The monoisotopic (exact) mass is 377 g/mol. The molecule has 0 bridgehead atoms. The van der Waals surface area contributed by atoms with Gasteiger partial charge in [0.2, 0.25) is 5.91 Å². The molecular weight excluding hydrogens is 362 g/mol. The highest BCUT2D eigenvalue weighted by atomic mass is 32.1. The van der Waals surface area contributed by atoms with Gasteiger partial charge in [0.05, 0.1) is 11.4 Å². The summed E-state index contributed by atoms with van der Waals surface area (Å²) in [4.78, 5) is 32.4. The van der Waals surface area contributed by atoms with Crippen LogP contribution in [0.4, 0.5) is 5.69 Å². The lowest BCUT2D eigenvalue weighted by atomic mass is 10.1. The third kappa shape index (κ3) is 3.90. The summed E-state index contributed by atoms with van der Waals surface area (Å²) >= 11 is 1.52. The van der Waals surface area contributed by atoms with Crippen LogP contribution in [-0.2, 0) is 9.59 Å². The van der Waals surface area contributed by atoms with Gasteiger partial charge in [0.15, 0.2) is 0 Å². The number of hydrogen-bond acceptors (Lipinski definition) is 6. The molecule has 0 radical (unpaired) electrons. The van der Waals surface area contributed by atoms with Crippen LogP contribution in [0.25, 0.3) is 22.0 Å². The third-order valence-electron chi connectivity index (χ3n) is 3.97. The van der Waals surface area contributed by atoms with E-state index in [9.17, 15) is 9.59 Å². The minimum atomic E-state index is -0.320. The van der Waals surface area contributed by atoms with Gasteiger partial charge in [0.1, 0.15) is 10.7 Å². The second-order valence-corrected chi connectivity index (χ2v) is 6.74. The Morgan fingerprint density at radius 1 is 1.11 bits per heavy atom. The van der Waals surface area contributed by atoms with E-state index < -0.39 is 0 Å². The van der Waals surface area contributed by atoms with Crippen molar-refractivity contribution in [2.24, 2.45) is 5.10 Å². The summed E-state index contributed by atoms with van der Waals surface area (Å²) in [7, 11) is 0. The fourth-order valence-electron chi connectivity index (χ4n) is 2.61. The first-order valence-corrected chi connectivity index (χ1v) is 9.21. The van der Waals surface area contributed by atoms with Crippen molar-refractivity contribution in [2.75, 3.05) is 5.32 Å². The number of rotatable bonds is 4. The van der Waals surface area contributed by atoms with Crippen molar-refractivity contribution in [3.63, 3.8) is 0 Å². The largest absolute Gasteiger partial charge is 0.321 e. The molecule has 7 nitrogen and oxygen atoms in total. The van der Waals surface area contributed by atoms with E-state index in [1.165, 1.54) is 11.3 Å². The molecule has 2 amide bonds. The Morgan fingerprint density at radius 3 is 2.81 bits per heavy atom. The van der Waals surface area contributed by atoms with Gasteiger partial charge in [-0.25, -0.2) is 10.4 Å². The van der Waals surface area contributed by atoms with Gasteiger partial charge >= 0.3 is 0 Å². The fraction of sp³-hybridized carbons (Fsp3) is 0.105. The molecule has 3 heterocycles. The van der Waals surface area contributed by atoms with E-state index in [0.29, 0.717) is 17.8 Å². The Kier molecular flexibility index (Phi) is 4.71. The Hall–Kier alpha value is -3.39. The molecule has 27 heavy (non-hydrogen) atoms. The molecule has 2 N–H and O–H groups in total. The van der Waals surface area contributed by atoms with E-state index in [-0.39, 0.29) is 18.2 Å². The maximum Gasteiger partial charge on any atom is 0.271 e. The number of amides is 2. The van der Waals surface area contributed by atoms with Crippen LogP contribution in [0.2, 0.25) is 0 Å². The van der Waals surface area contributed by atoms with E-state index in [0.717, 1.165) is 22.0 Å². The second kappa shape index (κ2) is 7.46. The van der Waals surface area contributed by atoms with Crippen LogP contribution in [-0.4, -0.2) is 27.5 Å². The standard InChI is InChI=1S/C19H15N5O2S/c25-17-8-7-14(23-24-17)18(26)21-13-5-3-4-12(10-13)16-11-27-19(22-16)15-6-1-2-9-20-15/h1-6,9-11H,7-8H2,(H,21,26)(H,24,25). The summed E-state index contributed by atoms with van der Waals surface area (Å²) in [6.07, 6.45) is 2.33. The molecule has 0 saturated carbocycles. The molecule has 3 aromatic rings. The molecule has 0 atom stereocenters. The third-order valence-corrected chi connectivity index (χ3v) is 4.84. The predicted octanol–water partition coefficient (Wildman–Crippen LogP) is 3.08. The lowest BCUT2D eigenvalue weighted by Gasteiger charge is -2.12. The van der Waals surface area contributed by atoms with Crippen molar-refractivity contribution < 1.29 is 9.59 Å². The fourth-order valence-corrected chi connectivity index (χ4v) is 3.42. The minimum absolute atomic E-state index is 0.180. The van der Waals surface area contributed by atoms with Crippen molar-refractivity contribution in [2.45, 2.75) is 12.8 Å². The number of thiazole rings is 1. The average molecular weight is 377 g/mol. The molecule has 1 aliphatic heterocycles. The van der Waals surface area contributed by atoms with Gasteiger partial charge in [-0.15, -0.1) is 11.3 Å². The molecule has 8 heteroatoms. The zero-order chi connectivity index (χ0) is 18.6. The first-order valence-electron chi connectivity index (χ1n) is 8.33. The van der Waals surface area contributed by atoms with Crippen molar-refractivity contribution in [3.05, 3.63) is 54.0 Å². The van der Waals surface area contributed by atoms with Crippen molar-refractivity contribution in [3.8, 4) is 22.0 Å². The van der Waals surface area contributed by atoms with E-state index in [1.807, 2.05) is 41.8 Å². The Bertz CT molecular complexity index is 1030.